The van der Waals surface area contributed by atoms with E-state index in [9.17, 15) is 0 Å². The first kappa shape index (κ1) is 10.7. The first-order valence-electron chi connectivity index (χ1n) is 5.95. The predicted octanol–water partition coefficient (Wildman–Crippen LogP) is 3.04. The number of halogens is 1. The molecule has 0 aliphatic heterocycles. The summed E-state index contributed by atoms with van der Waals surface area (Å²) in [5.74, 6) is 2.49. The van der Waals surface area contributed by atoms with Crippen LogP contribution in [-0.2, 0) is 0 Å². The molecule has 0 saturated heterocycles. The predicted molar refractivity (Wildman–Crippen MR) is 69.2 cm³/mol. The summed E-state index contributed by atoms with van der Waals surface area (Å²) in [4.78, 5) is 0. The second-order valence-electron chi connectivity index (χ2n) is 4.95. The van der Waals surface area contributed by atoms with E-state index in [0.717, 1.165) is 15.5 Å². The first-order chi connectivity index (χ1) is 7.79. The lowest BCUT2D eigenvalue weighted by Gasteiger charge is -2.27. The Kier molecular flexibility index (Phi) is 3.00. The van der Waals surface area contributed by atoms with Crippen LogP contribution in [0.3, 0.4) is 0 Å². The molecule has 1 heterocycles. The lowest BCUT2D eigenvalue weighted by atomic mass is 9.87. The Balaban J connectivity index is 1.64. The lowest BCUT2D eigenvalue weighted by molar-refractivity contribution is 0.112. The van der Waals surface area contributed by atoms with Crippen molar-refractivity contribution >= 4 is 22.6 Å². The molecule has 0 radical (unpaired) electrons. The van der Waals surface area contributed by atoms with Gasteiger partial charge in [0.1, 0.15) is 9.80 Å². The highest BCUT2D eigenvalue weighted by Crippen LogP contribution is 2.42. The van der Waals surface area contributed by atoms with E-state index >= 15 is 0 Å². The number of aromatic nitrogens is 2. The van der Waals surface area contributed by atoms with E-state index in [2.05, 4.69) is 32.8 Å². The van der Waals surface area contributed by atoms with Crippen LogP contribution in [0.4, 0.5) is 0 Å². The fraction of sp³-hybridized carbons (Fsp3) is 0.667. The standard InChI is InChI=1S/C12H15IN2O/c13-11-3-4-12(15-14-11)16-10-6-8-1-2-9(5-8)7-10/h3-4,8-10H,1-2,5-7H2/t8-,9+,10-. The van der Waals surface area contributed by atoms with Crippen LogP contribution in [0.5, 0.6) is 5.88 Å². The molecular weight excluding hydrogens is 315 g/mol. The van der Waals surface area contributed by atoms with Gasteiger partial charge in [-0.15, -0.1) is 10.2 Å². The van der Waals surface area contributed by atoms with Crippen LogP contribution in [0.2, 0.25) is 0 Å². The van der Waals surface area contributed by atoms with Gasteiger partial charge in [-0.05, 0) is 59.8 Å². The quantitative estimate of drug-likeness (QED) is 0.782. The Hall–Kier alpha value is -0.390. The van der Waals surface area contributed by atoms with Gasteiger partial charge in [0, 0.05) is 6.07 Å². The molecule has 86 valence electrons. The number of rotatable bonds is 2. The summed E-state index contributed by atoms with van der Waals surface area (Å²) in [5, 5.41) is 8.07. The average molecular weight is 330 g/mol. The van der Waals surface area contributed by atoms with Gasteiger partial charge in [0.05, 0.1) is 0 Å². The van der Waals surface area contributed by atoms with Gasteiger partial charge in [-0.2, -0.15) is 0 Å². The van der Waals surface area contributed by atoms with Crippen molar-refractivity contribution in [2.45, 2.75) is 38.2 Å². The molecule has 0 aromatic carbocycles. The first-order valence-corrected chi connectivity index (χ1v) is 7.03. The summed E-state index contributed by atoms with van der Waals surface area (Å²) in [7, 11) is 0. The summed E-state index contributed by atoms with van der Waals surface area (Å²) < 4.78 is 6.82. The largest absolute Gasteiger partial charge is 0.473 e. The van der Waals surface area contributed by atoms with Crippen molar-refractivity contribution in [2.24, 2.45) is 11.8 Å². The molecule has 2 bridgehead atoms. The van der Waals surface area contributed by atoms with E-state index in [1.54, 1.807) is 0 Å². The van der Waals surface area contributed by atoms with Crippen LogP contribution in [0, 0.1) is 15.5 Å². The van der Waals surface area contributed by atoms with E-state index in [1.807, 2.05) is 12.1 Å². The van der Waals surface area contributed by atoms with Gasteiger partial charge in [0.25, 0.3) is 0 Å². The lowest BCUT2D eigenvalue weighted by Crippen LogP contribution is -2.26. The van der Waals surface area contributed by atoms with Crippen molar-refractivity contribution in [2.75, 3.05) is 0 Å². The second-order valence-corrected chi connectivity index (χ2v) is 6.06. The number of hydrogen-bond donors (Lipinski definition) is 0. The molecule has 4 heteroatoms. The topological polar surface area (TPSA) is 35.0 Å². The summed E-state index contributed by atoms with van der Waals surface area (Å²) in [6.45, 7) is 0. The molecule has 3 atom stereocenters. The molecule has 16 heavy (non-hydrogen) atoms. The van der Waals surface area contributed by atoms with Crippen LogP contribution >= 0.6 is 22.6 Å². The number of fused-ring (bicyclic) bond motifs is 2. The third kappa shape index (κ3) is 2.31. The van der Waals surface area contributed by atoms with Crippen molar-refractivity contribution in [3.63, 3.8) is 0 Å². The molecule has 3 rings (SSSR count). The van der Waals surface area contributed by atoms with Gasteiger partial charge < -0.3 is 4.74 Å². The minimum atomic E-state index is 0.376. The molecule has 3 nitrogen and oxygen atoms in total. The molecule has 0 unspecified atom stereocenters. The van der Waals surface area contributed by atoms with E-state index in [-0.39, 0.29) is 0 Å². The summed E-state index contributed by atoms with van der Waals surface area (Å²) >= 11 is 2.15. The third-order valence-corrected chi connectivity index (χ3v) is 4.31. The van der Waals surface area contributed by atoms with Gasteiger partial charge in [0.15, 0.2) is 0 Å². The third-order valence-electron chi connectivity index (χ3n) is 3.74. The van der Waals surface area contributed by atoms with Crippen molar-refractivity contribution in [3.8, 4) is 5.88 Å². The monoisotopic (exact) mass is 330 g/mol. The molecular formula is C12H15IN2O. The Morgan fingerprint density at radius 3 is 2.44 bits per heavy atom. The molecule has 0 amide bonds. The van der Waals surface area contributed by atoms with Crippen molar-refractivity contribution < 1.29 is 4.74 Å². The highest BCUT2D eigenvalue weighted by atomic mass is 127. The maximum Gasteiger partial charge on any atom is 0.233 e. The highest BCUT2D eigenvalue weighted by Gasteiger charge is 2.35. The van der Waals surface area contributed by atoms with Crippen LogP contribution in [0.1, 0.15) is 32.1 Å². The summed E-state index contributed by atoms with van der Waals surface area (Å²) in [6.07, 6.45) is 7.04. The van der Waals surface area contributed by atoms with E-state index in [4.69, 9.17) is 4.74 Å². The molecule has 2 aliphatic carbocycles. The Morgan fingerprint density at radius 1 is 1.06 bits per heavy atom. The molecule has 2 aliphatic rings. The van der Waals surface area contributed by atoms with Crippen LogP contribution < -0.4 is 4.74 Å². The van der Waals surface area contributed by atoms with Gasteiger partial charge in [-0.3, -0.25) is 0 Å². The Morgan fingerprint density at radius 2 is 1.81 bits per heavy atom. The minimum Gasteiger partial charge on any atom is -0.473 e. The fourth-order valence-electron chi connectivity index (χ4n) is 3.08. The number of nitrogens with zero attached hydrogens (tertiary/aromatic N) is 2. The maximum absolute atomic E-state index is 5.91. The van der Waals surface area contributed by atoms with Crippen molar-refractivity contribution in [1.29, 1.82) is 0 Å². The van der Waals surface area contributed by atoms with E-state index < -0.39 is 0 Å². The molecule has 0 spiro atoms. The second kappa shape index (κ2) is 4.47. The van der Waals surface area contributed by atoms with Crippen LogP contribution in [0.25, 0.3) is 0 Å². The molecule has 0 N–H and O–H groups in total. The van der Waals surface area contributed by atoms with Crippen LogP contribution in [-0.4, -0.2) is 16.3 Å². The van der Waals surface area contributed by atoms with Gasteiger partial charge in [-0.1, -0.05) is 12.8 Å². The fourth-order valence-corrected chi connectivity index (χ4v) is 3.37. The number of hydrogen-bond acceptors (Lipinski definition) is 3. The van der Waals surface area contributed by atoms with Gasteiger partial charge in [0.2, 0.25) is 5.88 Å². The normalized spacial score (nSPS) is 32.7. The molecule has 2 saturated carbocycles. The maximum atomic E-state index is 5.91. The van der Waals surface area contributed by atoms with Gasteiger partial charge in [-0.25, -0.2) is 0 Å². The zero-order valence-electron chi connectivity index (χ0n) is 9.10. The Bertz CT molecular complexity index is 356. The minimum absolute atomic E-state index is 0.376. The van der Waals surface area contributed by atoms with Gasteiger partial charge >= 0.3 is 0 Å². The van der Waals surface area contributed by atoms with E-state index in [0.29, 0.717) is 12.0 Å². The zero-order valence-corrected chi connectivity index (χ0v) is 11.3. The van der Waals surface area contributed by atoms with Crippen molar-refractivity contribution in [3.05, 3.63) is 15.8 Å². The summed E-state index contributed by atoms with van der Waals surface area (Å²) in [6, 6.07) is 3.87. The smallest absolute Gasteiger partial charge is 0.233 e. The van der Waals surface area contributed by atoms with E-state index in [1.165, 1.54) is 32.1 Å². The number of ether oxygens (including phenoxy) is 1. The van der Waals surface area contributed by atoms with Crippen LogP contribution in [0.15, 0.2) is 12.1 Å². The highest BCUT2D eigenvalue weighted by molar-refractivity contribution is 14.1. The van der Waals surface area contributed by atoms with Crippen molar-refractivity contribution in [1.82, 2.24) is 10.2 Å². The molecule has 2 fully saturated rings. The zero-order chi connectivity index (χ0) is 11.0. The SMILES string of the molecule is Ic1ccc(O[C@@H]2C[C@@H]3CC[C@@H](C3)C2)nn1. The average Bonchev–Trinajstić information content (AvgIpc) is 2.62. The summed E-state index contributed by atoms with van der Waals surface area (Å²) in [5.41, 5.74) is 0. The molecule has 1 aromatic heterocycles. The molecule has 1 aromatic rings. The Labute approximate surface area is 109 Å².